The van der Waals surface area contributed by atoms with Crippen molar-refractivity contribution in [3.63, 3.8) is 0 Å². The zero-order valence-corrected chi connectivity index (χ0v) is 11.3. The van der Waals surface area contributed by atoms with Gasteiger partial charge in [-0.05, 0) is 20.3 Å². The lowest BCUT2D eigenvalue weighted by Crippen LogP contribution is -2.30. The van der Waals surface area contributed by atoms with Crippen molar-refractivity contribution in [3.05, 3.63) is 35.5 Å². The molecule has 0 spiro atoms. The third-order valence-electron chi connectivity index (χ3n) is 3.70. The van der Waals surface area contributed by atoms with Gasteiger partial charge in [-0.1, -0.05) is 29.9 Å². The van der Waals surface area contributed by atoms with Gasteiger partial charge < -0.3 is 14.9 Å². The number of hydrogen-bond acceptors (Lipinski definition) is 4. The van der Waals surface area contributed by atoms with E-state index in [1.807, 2.05) is 13.8 Å². The summed E-state index contributed by atoms with van der Waals surface area (Å²) in [6, 6.07) is 0. The van der Waals surface area contributed by atoms with E-state index in [4.69, 9.17) is 4.74 Å². The summed E-state index contributed by atoms with van der Waals surface area (Å²) >= 11 is 0. The molecular formula is C15H20O4. The summed E-state index contributed by atoms with van der Waals surface area (Å²) in [4.78, 5) is 11.6. The van der Waals surface area contributed by atoms with Gasteiger partial charge in [0.1, 0.15) is 6.10 Å². The first-order chi connectivity index (χ1) is 8.88. The van der Waals surface area contributed by atoms with Gasteiger partial charge in [0.2, 0.25) is 0 Å². The smallest absolute Gasteiger partial charge is 0.334 e. The quantitative estimate of drug-likeness (QED) is 0.395. The van der Waals surface area contributed by atoms with Crippen LogP contribution in [-0.2, 0) is 9.53 Å². The number of hydrogen-bond donors (Lipinski definition) is 2. The summed E-state index contributed by atoms with van der Waals surface area (Å²) < 4.78 is 5.28. The molecule has 0 aromatic rings. The summed E-state index contributed by atoms with van der Waals surface area (Å²) in [5.74, 6) is -0.794. The highest BCUT2D eigenvalue weighted by atomic mass is 16.6. The highest BCUT2D eigenvalue weighted by Gasteiger charge is 2.42. The van der Waals surface area contributed by atoms with Crippen LogP contribution in [0.1, 0.15) is 26.7 Å². The van der Waals surface area contributed by atoms with Gasteiger partial charge in [0.15, 0.2) is 0 Å². The summed E-state index contributed by atoms with van der Waals surface area (Å²) in [6.45, 7) is 7.47. The Hall–Kier alpha value is -1.39. The summed E-state index contributed by atoms with van der Waals surface area (Å²) in [7, 11) is 0. The maximum atomic E-state index is 11.6. The first-order valence-electron chi connectivity index (χ1n) is 6.49. The Kier molecular flexibility index (Phi) is 3.92. The Morgan fingerprint density at radius 1 is 1.21 bits per heavy atom. The van der Waals surface area contributed by atoms with Crippen molar-refractivity contribution in [1.29, 1.82) is 0 Å². The molecule has 1 aliphatic carbocycles. The molecule has 0 aromatic carbocycles. The molecule has 104 valence electrons. The lowest BCUT2D eigenvalue weighted by molar-refractivity contribution is -0.139. The number of fused-ring (bicyclic) bond motifs is 1. The minimum Gasteiger partial charge on any atom is -0.458 e. The van der Waals surface area contributed by atoms with Gasteiger partial charge in [0.25, 0.3) is 0 Å². The molecular weight excluding hydrogens is 244 g/mol. The zero-order valence-electron chi connectivity index (χ0n) is 11.3. The largest absolute Gasteiger partial charge is 0.458 e. The van der Waals surface area contributed by atoms with Crippen LogP contribution in [0.25, 0.3) is 0 Å². The number of aliphatic hydroxyl groups is 2. The molecule has 0 amide bonds. The molecule has 1 saturated heterocycles. The standard InChI is InChI=1S/C15H20O4/c1-8-4-11(16)5-9(2)7-13-14(12(17)6-8)10(3)15(18)19-13/h4-5,11-14,16-17H,3,6-7H2,1-2H3/t11-,12-,13+,14-/m1/s1. The SMILES string of the molecule is C=C1C(=O)O[C@H]2CC(C)=C[C@H](O)C=C(C)C[C@@H](O)[C@@H]12. The molecule has 0 aromatic heterocycles. The molecule has 1 fully saturated rings. The van der Waals surface area contributed by atoms with Crippen LogP contribution in [0, 0.1) is 5.92 Å². The van der Waals surface area contributed by atoms with Gasteiger partial charge in [-0.2, -0.15) is 0 Å². The fourth-order valence-corrected chi connectivity index (χ4v) is 2.84. The predicted molar refractivity (Wildman–Crippen MR) is 71.3 cm³/mol. The van der Waals surface area contributed by atoms with Crippen LogP contribution in [0.2, 0.25) is 0 Å². The highest BCUT2D eigenvalue weighted by molar-refractivity contribution is 5.91. The Balaban J connectivity index is 2.34. The fraction of sp³-hybridized carbons (Fsp3) is 0.533. The average Bonchev–Trinajstić information content (AvgIpc) is 2.52. The van der Waals surface area contributed by atoms with E-state index in [-0.39, 0.29) is 12.0 Å². The first-order valence-corrected chi connectivity index (χ1v) is 6.49. The number of carbonyl (C=O) groups excluding carboxylic acids is 1. The second kappa shape index (κ2) is 5.31. The lowest BCUT2D eigenvalue weighted by Gasteiger charge is -2.25. The van der Waals surface area contributed by atoms with Gasteiger partial charge >= 0.3 is 5.97 Å². The molecule has 0 bridgehead atoms. The van der Waals surface area contributed by atoms with E-state index in [9.17, 15) is 15.0 Å². The first kappa shape index (κ1) is 14.0. The van der Waals surface area contributed by atoms with Crippen LogP contribution >= 0.6 is 0 Å². The van der Waals surface area contributed by atoms with Crippen LogP contribution in [0.3, 0.4) is 0 Å². The van der Waals surface area contributed by atoms with Gasteiger partial charge in [-0.15, -0.1) is 0 Å². The maximum absolute atomic E-state index is 11.6. The lowest BCUT2D eigenvalue weighted by atomic mass is 9.84. The molecule has 2 rings (SSSR count). The molecule has 19 heavy (non-hydrogen) atoms. The van der Waals surface area contributed by atoms with Crippen LogP contribution in [0.4, 0.5) is 0 Å². The molecule has 1 heterocycles. The molecule has 2 aliphatic rings. The molecule has 2 N–H and O–H groups in total. The third-order valence-corrected chi connectivity index (χ3v) is 3.70. The van der Waals surface area contributed by atoms with Crippen molar-refractivity contribution in [2.75, 3.05) is 0 Å². The zero-order chi connectivity index (χ0) is 14.2. The van der Waals surface area contributed by atoms with Gasteiger partial charge in [-0.25, -0.2) is 4.79 Å². The predicted octanol–water partition coefficient (Wildman–Crippen LogP) is 1.49. The van der Waals surface area contributed by atoms with Gasteiger partial charge in [-0.3, -0.25) is 0 Å². The van der Waals surface area contributed by atoms with E-state index in [2.05, 4.69) is 6.58 Å². The maximum Gasteiger partial charge on any atom is 0.334 e. The molecule has 0 saturated carbocycles. The Labute approximate surface area is 113 Å². The van der Waals surface area contributed by atoms with E-state index in [0.29, 0.717) is 18.4 Å². The number of carbonyl (C=O) groups is 1. The van der Waals surface area contributed by atoms with Crippen LogP contribution < -0.4 is 0 Å². The molecule has 1 aliphatic heterocycles. The monoisotopic (exact) mass is 264 g/mol. The topological polar surface area (TPSA) is 66.8 Å². The van der Waals surface area contributed by atoms with Crippen LogP contribution in [-0.4, -0.2) is 34.5 Å². The number of rotatable bonds is 0. The third kappa shape index (κ3) is 2.96. The van der Waals surface area contributed by atoms with Crippen LogP contribution in [0.15, 0.2) is 35.5 Å². The minimum absolute atomic E-state index is 0.347. The molecule has 4 nitrogen and oxygen atoms in total. The van der Waals surface area contributed by atoms with Gasteiger partial charge in [0, 0.05) is 12.0 Å². The minimum atomic E-state index is -0.710. The fourth-order valence-electron chi connectivity index (χ4n) is 2.84. The summed E-state index contributed by atoms with van der Waals surface area (Å²) in [5.41, 5.74) is 2.17. The van der Waals surface area contributed by atoms with Crippen molar-refractivity contribution in [2.45, 2.75) is 45.0 Å². The normalized spacial score (nSPS) is 36.2. The highest BCUT2D eigenvalue weighted by Crippen LogP contribution is 2.35. The van der Waals surface area contributed by atoms with E-state index < -0.39 is 18.2 Å². The van der Waals surface area contributed by atoms with Crippen molar-refractivity contribution in [1.82, 2.24) is 0 Å². The van der Waals surface area contributed by atoms with Crippen molar-refractivity contribution in [2.24, 2.45) is 5.92 Å². The Bertz CT molecular complexity index is 461. The molecule has 4 heteroatoms. The Morgan fingerprint density at radius 3 is 2.42 bits per heavy atom. The molecule has 4 atom stereocenters. The second-order valence-corrected chi connectivity index (χ2v) is 5.49. The average molecular weight is 264 g/mol. The van der Waals surface area contributed by atoms with Crippen molar-refractivity contribution in [3.8, 4) is 0 Å². The van der Waals surface area contributed by atoms with E-state index >= 15 is 0 Å². The van der Waals surface area contributed by atoms with E-state index in [1.54, 1.807) is 12.2 Å². The van der Waals surface area contributed by atoms with E-state index in [1.165, 1.54) is 0 Å². The van der Waals surface area contributed by atoms with Gasteiger partial charge in [0.05, 0.1) is 18.1 Å². The number of ether oxygens (including phenoxy) is 1. The van der Waals surface area contributed by atoms with Crippen LogP contribution in [0.5, 0.6) is 0 Å². The number of aliphatic hydroxyl groups excluding tert-OH is 2. The second-order valence-electron chi connectivity index (χ2n) is 5.49. The summed E-state index contributed by atoms with van der Waals surface area (Å²) in [6.07, 6.45) is 2.62. The summed E-state index contributed by atoms with van der Waals surface area (Å²) in [5, 5.41) is 20.1. The molecule has 0 radical (unpaired) electrons. The number of esters is 1. The van der Waals surface area contributed by atoms with Crippen molar-refractivity contribution >= 4 is 5.97 Å². The van der Waals surface area contributed by atoms with E-state index in [0.717, 1.165) is 11.1 Å². The molecule has 0 unspecified atom stereocenters. The Morgan fingerprint density at radius 2 is 1.79 bits per heavy atom. The van der Waals surface area contributed by atoms with Crippen molar-refractivity contribution < 1.29 is 19.7 Å².